The fourth-order valence-corrected chi connectivity index (χ4v) is 3.39. The van der Waals surface area contributed by atoms with Gasteiger partial charge in [-0.15, -0.1) is 0 Å². The number of sulfone groups is 1. The Bertz CT molecular complexity index is 835. The Balaban J connectivity index is 1.78. The van der Waals surface area contributed by atoms with Crippen molar-refractivity contribution in [2.24, 2.45) is 5.92 Å². The van der Waals surface area contributed by atoms with Gasteiger partial charge < -0.3 is 5.32 Å². The van der Waals surface area contributed by atoms with Crippen LogP contribution in [0.15, 0.2) is 53.4 Å². The Labute approximate surface area is 142 Å². The van der Waals surface area contributed by atoms with E-state index >= 15 is 0 Å². The maximum atomic E-state index is 12.5. The lowest BCUT2D eigenvalue weighted by Crippen LogP contribution is -2.29. The molecule has 1 fully saturated rings. The maximum Gasteiger partial charge on any atom is 0.251 e. The minimum Gasteiger partial charge on any atom is -0.345 e. The number of rotatable bonds is 5. The highest BCUT2D eigenvalue weighted by Gasteiger charge is 2.33. The van der Waals surface area contributed by atoms with Crippen molar-refractivity contribution in [2.45, 2.75) is 30.7 Å². The third-order valence-electron chi connectivity index (χ3n) is 4.36. The number of carbonyl (C=O) groups excluding carboxylic acids is 1. The standard InChI is InChI=1S/C19H21NO3S/c1-13-3-5-14(6-4-13)18(15-7-8-15)20-19(21)16-9-11-17(12-10-16)24(2,22)23/h3-6,9-12,15,18H,7-8H2,1-2H3,(H,20,21)/t18-/m0/s1. The van der Waals surface area contributed by atoms with Gasteiger partial charge in [-0.2, -0.15) is 0 Å². The zero-order valence-corrected chi connectivity index (χ0v) is 14.6. The molecule has 1 atom stereocenters. The smallest absolute Gasteiger partial charge is 0.251 e. The number of amides is 1. The van der Waals surface area contributed by atoms with Crippen molar-refractivity contribution >= 4 is 15.7 Å². The third-order valence-corrected chi connectivity index (χ3v) is 5.49. The fourth-order valence-electron chi connectivity index (χ4n) is 2.75. The molecule has 126 valence electrons. The molecule has 1 amide bonds. The van der Waals surface area contributed by atoms with Gasteiger partial charge in [-0.05, 0) is 55.5 Å². The Kier molecular flexibility index (Phi) is 4.45. The van der Waals surface area contributed by atoms with E-state index in [1.54, 1.807) is 12.1 Å². The summed E-state index contributed by atoms with van der Waals surface area (Å²) in [6.45, 7) is 2.04. The molecule has 0 bridgehead atoms. The first-order chi connectivity index (χ1) is 11.3. The molecular weight excluding hydrogens is 322 g/mol. The van der Waals surface area contributed by atoms with Crippen LogP contribution in [0.25, 0.3) is 0 Å². The molecular formula is C19H21NO3S. The Hall–Kier alpha value is -2.14. The van der Waals surface area contributed by atoms with Crippen molar-refractivity contribution < 1.29 is 13.2 Å². The molecule has 1 aliphatic carbocycles. The lowest BCUT2D eigenvalue weighted by atomic mass is 10.0. The highest BCUT2D eigenvalue weighted by Crippen LogP contribution is 2.41. The molecule has 2 aromatic carbocycles. The average molecular weight is 343 g/mol. The predicted molar refractivity (Wildman–Crippen MR) is 93.7 cm³/mol. The second-order valence-electron chi connectivity index (χ2n) is 6.50. The lowest BCUT2D eigenvalue weighted by molar-refractivity contribution is 0.0931. The Morgan fingerprint density at radius 2 is 1.62 bits per heavy atom. The van der Waals surface area contributed by atoms with Crippen molar-refractivity contribution in [3.63, 3.8) is 0 Å². The van der Waals surface area contributed by atoms with Crippen molar-refractivity contribution in [3.8, 4) is 0 Å². The van der Waals surface area contributed by atoms with Gasteiger partial charge in [-0.1, -0.05) is 29.8 Å². The van der Waals surface area contributed by atoms with Crippen LogP contribution in [0, 0.1) is 12.8 Å². The van der Waals surface area contributed by atoms with Crippen molar-refractivity contribution in [3.05, 3.63) is 65.2 Å². The van der Waals surface area contributed by atoms with Crippen LogP contribution in [0.1, 0.15) is 40.4 Å². The van der Waals surface area contributed by atoms with Crippen LogP contribution in [0.2, 0.25) is 0 Å². The number of carbonyl (C=O) groups is 1. The van der Waals surface area contributed by atoms with E-state index in [9.17, 15) is 13.2 Å². The molecule has 0 aromatic heterocycles. The number of nitrogens with one attached hydrogen (secondary N) is 1. The zero-order chi connectivity index (χ0) is 17.3. The van der Waals surface area contributed by atoms with Crippen LogP contribution in [-0.4, -0.2) is 20.6 Å². The molecule has 0 aliphatic heterocycles. The van der Waals surface area contributed by atoms with Crippen molar-refractivity contribution in [1.82, 2.24) is 5.32 Å². The first-order valence-electron chi connectivity index (χ1n) is 8.02. The third kappa shape index (κ3) is 3.85. The van der Waals surface area contributed by atoms with Crippen molar-refractivity contribution in [2.75, 3.05) is 6.26 Å². The summed E-state index contributed by atoms with van der Waals surface area (Å²) in [4.78, 5) is 12.7. The molecule has 0 heterocycles. The van der Waals surface area contributed by atoms with Crippen LogP contribution >= 0.6 is 0 Å². The zero-order valence-electron chi connectivity index (χ0n) is 13.8. The Morgan fingerprint density at radius 3 is 2.12 bits per heavy atom. The first-order valence-corrected chi connectivity index (χ1v) is 9.91. The molecule has 4 nitrogen and oxygen atoms in total. The van der Waals surface area contributed by atoms with Gasteiger partial charge in [0.2, 0.25) is 0 Å². The number of hydrogen-bond acceptors (Lipinski definition) is 3. The van der Waals surface area contributed by atoms with E-state index in [1.807, 2.05) is 6.92 Å². The molecule has 1 N–H and O–H groups in total. The molecule has 0 saturated heterocycles. The quantitative estimate of drug-likeness (QED) is 0.906. The molecule has 0 radical (unpaired) electrons. The summed E-state index contributed by atoms with van der Waals surface area (Å²) in [5.74, 6) is 0.305. The van der Waals surface area contributed by atoms with Gasteiger partial charge in [0.25, 0.3) is 5.91 Å². The van der Waals surface area contributed by atoms with Gasteiger partial charge >= 0.3 is 0 Å². The minimum atomic E-state index is -3.25. The van der Waals surface area contributed by atoms with Gasteiger partial charge in [0.1, 0.15) is 0 Å². The molecule has 0 spiro atoms. The van der Waals surface area contributed by atoms with E-state index in [1.165, 1.54) is 17.7 Å². The monoisotopic (exact) mass is 343 g/mol. The molecule has 1 saturated carbocycles. The van der Waals surface area contributed by atoms with E-state index < -0.39 is 9.84 Å². The van der Waals surface area contributed by atoms with Gasteiger partial charge in [-0.25, -0.2) is 8.42 Å². The summed E-state index contributed by atoms with van der Waals surface area (Å²) in [7, 11) is -3.25. The Morgan fingerprint density at radius 1 is 1.04 bits per heavy atom. The van der Waals surface area contributed by atoms with Crippen LogP contribution in [0.3, 0.4) is 0 Å². The SMILES string of the molecule is Cc1ccc([C@H](NC(=O)c2ccc(S(C)(=O)=O)cc2)C2CC2)cc1. The second kappa shape index (κ2) is 6.40. The molecule has 2 aromatic rings. The summed E-state index contributed by atoms with van der Waals surface area (Å²) in [6.07, 6.45) is 3.39. The number of hydrogen-bond donors (Lipinski definition) is 1. The summed E-state index contributed by atoms with van der Waals surface area (Å²) in [6, 6.07) is 14.3. The highest BCUT2D eigenvalue weighted by molar-refractivity contribution is 7.90. The largest absolute Gasteiger partial charge is 0.345 e. The van der Waals surface area contributed by atoms with E-state index in [0.29, 0.717) is 11.5 Å². The first kappa shape index (κ1) is 16.7. The summed E-state index contributed by atoms with van der Waals surface area (Å²) in [5, 5.41) is 3.10. The number of aryl methyl sites for hydroxylation is 1. The van der Waals surface area contributed by atoms with Crippen LogP contribution < -0.4 is 5.32 Å². The molecule has 3 rings (SSSR count). The predicted octanol–water partition coefficient (Wildman–Crippen LogP) is 3.28. The van der Waals surface area contributed by atoms with Crippen LogP contribution in [-0.2, 0) is 9.84 Å². The second-order valence-corrected chi connectivity index (χ2v) is 8.51. The normalized spacial score (nSPS) is 15.8. The number of benzene rings is 2. The van der Waals surface area contributed by atoms with E-state index in [-0.39, 0.29) is 16.8 Å². The summed E-state index contributed by atoms with van der Waals surface area (Å²) >= 11 is 0. The van der Waals surface area contributed by atoms with Gasteiger partial charge in [-0.3, -0.25) is 4.79 Å². The minimum absolute atomic E-state index is 0.00712. The molecule has 5 heteroatoms. The maximum absolute atomic E-state index is 12.5. The van der Waals surface area contributed by atoms with Crippen molar-refractivity contribution in [1.29, 1.82) is 0 Å². The topological polar surface area (TPSA) is 63.2 Å². The van der Waals surface area contributed by atoms with Gasteiger partial charge in [0.05, 0.1) is 10.9 Å². The molecule has 24 heavy (non-hydrogen) atoms. The van der Waals surface area contributed by atoms with Crippen LogP contribution in [0.4, 0.5) is 0 Å². The summed E-state index contributed by atoms with van der Waals surface area (Å²) < 4.78 is 23.0. The fraction of sp³-hybridized carbons (Fsp3) is 0.316. The van der Waals surface area contributed by atoms with Gasteiger partial charge in [0, 0.05) is 11.8 Å². The molecule has 0 unspecified atom stereocenters. The lowest BCUT2D eigenvalue weighted by Gasteiger charge is -2.19. The van der Waals surface area contributed by atoms with Gasteiger partial charge in [0.15, 0.2) is 9.84 Å². The van der Waals surface area contributed by atoms with Crippen LogP contribution in [0.5, 0.6) is 0 Å². The highest BCUT2D eigenvalue weighted by atomic mass is 32.2. The molecule has 1 aliphatic rings. The average Bonchev–Trinajstić information content (AvgIpc) is 3.37. The van der Waals surface area contributed by atoms with E-state index in [2.05, 4.69) is 29.6 Å². The van der Waals surface area contributed by atoms with E-state index in [4.69, 9.17) is 0 Å². The summed E-state index contributed by atoms with van der Waals surface area (Å²) in [5.41, 5.74) is 2.78. The van der Waals surface area contributed by atoms with E-state index in [0.717, 1.165) is 24.7 Å².